The molecule has 7 nitrogen and oxygen atoms in total. The van der Waals surface area contributed by atoms with Crippen LogP contribution in [0.5, 0.6) is 23.0 Å². The Morgan fingerprint density at radius 3 is 2.62 bits per heavy atom. The second-order valence-electron chi connectivity index (χ2n) is 7.36. The van der Waals surface area contributed by atoms with Crippen LogP contribution in [-0.2, 0) is 17.9 Å². The van der Waals surface area contributed by atoms with E-state index in [1.54, 1.807) is 19.2 Å². The third-order valence-corrected chi connectivity index (χ3v) is 5.57. The summed E-state index contributed by atoms with van der Waals surface area (Å²) in [5.74, 6) is 2.18. The predicted octanol–water partition coefficient (Wildman–Crippen LogP) is 4.99. The monoisotopic (exact) mass is 520 g/mol. The van der Waals surface area contributed by atoms with Gasteiger partial charge >= 0.3 is 0 Å². The highest BCUT2D eigenvalue weighted by Crippen LogP contribution is 2.33. The van der Waals surface area contributed by atoms with E-state index in [0.717, 1.165) is 21.3 Å². The summed E-state index contributed by atoms with van der Waals surface area (Å²) in [7, 11) is 1.59. The highest BCUT2D eigenvalue weighted by atomic mass is 79.9. The van der Waals surface area contributed by atoms with Crippen molar-refractivity contribution in [1.29, 1.82) is 5.26 Å². The number of nitriles is 1. The zero-order valence-corrected chi connectivity index (χ0v) is 19.9. The molecule has 8 heteroatoms. The molecule has 1 aliphatic heterocycles. The summed E-state index contributed by atoms with van der Waals surface area (Å²) in [4.78, 5) is 12.7. The number of ether oxygens (including phenoxy) is 4. The minimum absolute atomic E-state index is 0.0282. The smallest absolute Gasteiger partial charge is 0.262 e. The van der Waals surface area contributed by atoms with Crippen LogP contribution in [0.1, 0.15) is 16.7 Å². The van der Waals surface area contributed by atoms with Crippen molar-refractivity contribution in [3.05, 3.63) is 87.4 Å². The van der Waals surface area contributed by atoms with Gasteiger partial charge in [-0.05, 0) is 59.7 Å². The molecule has 3 aromatic carbocycles. The van der Waals surface area contributed by atoms with E-state index in [4.69, 9.17) is 18.9 Å². The van der Waals surface area contributed by atoms with Crippen molar-refractivity contribution in [2.45, 2.75) is 13.2 Å². The molecule has 0 aliphatic carbocycles. The van der Waals surface area contributed by atoms with Crippen molar-refractivity contribution < 1.29 is 23.7 Å². The number of methoxy groups -OCH3 is 1. The number of nitrogens with one attached hydrogen (secondary N) is 1. The lowest BCUT2D eigenvalue weighted by molar-refractivity contribution is -0.117. The van der Waals surface area contributed by atoms with E-state index in [2.05, 4.69) is 21.2 Å². The van der Waals surface area contributed by atoms with Crippen LogP contribution in [0.15, 0.2) is 70.7 Å². The first-order valence-corrected chi connectivity index (χ1v) is 11.2. The number of hydrogen-bond donors (Lipinski definition) is 1. The predicted molar refractivity (Wildman–Crippen MR) is 129 cm³/mol. The number of carbonyl (C=O) groups is 1. The summed E-state index contributed by atoms with van der Waals surface area (Å²) in [6.07, 6.45) is 1.52. The molecule has 0 bridgehead atoms. The van der Waals surface area contributed by atoms with Crippen LogP contribution >= 0.6 is 15.9 Å². The number of hydrogen-bond acceptors (Lipinski definition) is 6. The lowest BCUT2D eigenvalue weighted by atomic mass is 10.1. The maximum Gasteiger partial charge on any atom is 0.262 e. The fraction of sp³-hybridized carbons (Fsp3) is 0.154. The van der Waals surface area contributed by atoms with E-state index in [-0.39, 0.29) is 25.5 Å². The van der Waals surface area contributed by atoms with Gasteiger partial charge in [-0.1, -0.05) is 34.1 Å². The number of carbonyl (C=O) groups excluding carboxylic acids is 1. The van der Waals surface area contributed by atoms with Crippen LogP contribution in [0.3, 0.4) is 0 Å². The van der Waals surface area contributed by atoms with E-state index in [9.17, 15) is 10.1 Å². The molecule has 1 N–H and O–H groups in total. The van der Waals surface area contributed by atoms with Crippen LogP contribution in [0.4, 0.5) is 0 Å². The van der Waals surface area contributed by atoms with Crippen molar-refractivity contribution in [2.75, 3.05) is 13.9 Å². The molecule has 172 valence electrons. The highest BCUT2D eigenvalue weighted by Gasteiger charge is 2.15. The van der Waals surface area contributed by atoms with Gasteiger partial charge in [-0.3, -0.25) is 4.79 Å². The molecule has 34 heavy (non-hydrogen) atoms. The molecule has 0 atom stereocenters. The van der Waals surface area contributed by atoms with Gasteiger partial charge in [0.2, 0.25) is 6.79 Å². The van der Waals surface area contributed by atoms with Gasteiger partial charge in [0.25, 0.3) is 5.91 Å². The first-order chi connectivity index (χ1) is 16.6. The number of rotatable bonds is 8. The van der Waals surface area contributed by atoms with Gasteiger partial charge in [0.05, 0.1) is 7.11 Å². The average molecular weight is 521 g/mol. The standard InChI is InChI=1S/C26H21BrN2O5/c1-31-22-6-2-17(3-7-22)14-29-26(30)20(13-28)11-19-12-21(27)5-9-23(19)32-15-18-4-8-24-25(10-18)34-16-33-24/h2-12H,14-16H2,1H3,(H,29,30)/b20-11-. The minimum Gasteiger partial charge on any atom is -0.497 e. The summed E-state index contributed by atoms with van der Waals surface area (Å²) in [6, 6.07) is 20.3. The number of fused-ring (bicyclic) bond motifs is 1. The fourth-order valence-electron chi connectivity index (χ4n) is 3.28. The Bertz CT molecular complexity index is 1270. The molecule has 1 heterocycles. The molecule has 0 fully saturated rings. The van der Waals surface area contributed by atoms with Crippen LogP contribution in [-0.4, -0.2) is 19.8 Å². The maximum absolute atomic E-state index is 12.7. The van der Waals surface area contributed by atoms with Crippen molar-refractivity contribution in [3.8, 4) is 29.1 Å². The van der Waals surface area contributed by atoms with Crippen LogP contribution in [0.2, 0.25) is 0 Å². The van der Waals surface area contributed by atoms with E-state index >= 15 is 0 Å². The molecule has 0 aromatic heterocycles. The van der Waals surface area contributed by atoms with Gasteiger partial charge in [-0.15, -0.1) is 0 Å². The molecule has 0 saturated carbocycles. The van der Waals surface area contributed by atoms with E-state index in [1.165, 1.54) is 6.08 Å². The fourth-order valence-corrected chi connectivity index (χ4v) is 3.66. The summed E-state index contributed by atoms with van der Waals surface area (Å²) < 4.78 is 22.7. The Morgan fingerprint density at radius 2 is 1.85 bits per heavy atom. The number of benzene rings is 3. The molecule has 4 rings (SSSR count). The Balaban J connectivity index is 1.46. The van der Waals surface area contributed by atoms with E-state index in [0.29, 0.717) is 22.8 Å². The quantitative estimate of drug-likeness (QED) is 0.332. The molecule has 3 aromatic rings. The molecular weight excluding hydrogens is 500 g/mol. The van der Waals surface area contributed by atoms with E-state index < -0.39 is 5.91 Å². The van der Waals surface area contributed by atoms with Crippen LogP contribution in [0.25, 0.3) is 6.08 Å². The van der Waals surface area contributed by atoms with Crippen molar-refractivity contribution in [2.24, 2.45) is 0 Å². The van der Waals surface area contributed by atoms with Gasteiger partial charge in [-0.25, -0.2) is 0 Å². The van der Waals surface area contributed by atoms with Gasteiger partial charge < -0.3 is 24.3 Å². The van der Waals surface area contributed by atoms with E-state index in [1.807, 2.05) is 54.6 Å². The number of amides is 1. The first kappa shape index (κ1) is 23.2. The lowest BCUT2D eigenvalue weighted by Gasteiger charge is -2.11. The second-order valence-corrected chi connectivity index (χ2v) is 8.27. The Labute approximate surface area is 205 Å². The molecule has 0 unspecified atom stereocenters. The Hall–Kier alpha value is -3.96. The molecule has 0 radical (unpaired) electrons. The maximum atomic E-state index is 12.7. The summed E-state index contributed by atoms with van der Waals surface area (Å²) in [6.45, 7) is 0.775. The molecular formula is C26H21BrN2O5. The molecule has 0 spiro atoms. The summed E-state index contributed by atoms with van der Waals surface area (Å²) >= 11 is 3.44. The minimum atomic E-state index is -0.472. The van der Waals surface area contributed by atoms with Crippen molar-refractivity contribution in [3.63, 3.8) is 0 Å². The third kappa shape index (κ3) is 5.69. The van der Waals surface area contributed by atoms with Crippen molar-refractivity contribution in [1.82, 2.24) is 5.32 Å². The highest BCUT2D eigenvalue weighted by molar-refractivity contribution is 9.10. The van der Waals surface area contributed by atoms with Gasteiger partial charge in [-0.2, -0.15) is 5.26 Å². The molecule has 1 aliphatic rings. The number of nitrogens with zero attached hydrogens (tertiary/aromatic N) is 1. The van der Waals surface area contributed by atoms with Crippen molar-refractivity contribution >= 4 is 27.9 Å². The summed E-state index contributed by atoms with van der Waals surface area (Å²) in [5, 5.41) is 12.4. The normalized spacial score (nSPS) is 12.1. The molecule has 1 amide bonds. The van der Waals surface area contributed by atoms with Crippen LogP contribution in [0, 0.1) is 11.3 Å². The van der Waals surface area contributed by atoms with Gasteiger partial charge in [0.15, 0.2) is 11.5 Å². The zero-order chi connectivity index (χ0) is 23.9. The topological polar surface area (TPSA) is 89.8 Å². The largest absolute Gasteiger partial charge is 0.497 e. The first-order valence-electron chi connectivity index (χ1n) is 10.4. The molecule has 0 saturated heterocycles. The van der Waals surface area contributed by atoms with Gasteiger partial charge in [0.1, 0.15) is 29.7 Å². The summed E-state index contributed by atoms with van der Waals surface area (Å²) in [5.41, 5.74) is 2.37. The zero-order valence-electron chi connectivity index (χ0n) is 18.3. The SMILES string of the molecule is COc1ccc(CNC(=O)/C(C#N)=C\c2cc(Br)ccc2OCc2ccc3c(c2)OCO3)cc1. The third-order valence-electron chi connectivity index (χ3n) is 5.08. The second kappa shape index (κ2) is 10.8. The number of halogens is 1. The Kier molecular flexibility index (Phi) is 7.35. The van der Waals surface area contributed by atoms with Crippen LogP contribution < -0.4 is 24.3 Å². The lowest BCUT2D eigenvalue weighted by Crippen LogP contribution is -2.23. The average Bonchev–Trinajstić information content (AvgIpc) is 3.33. The van der Waals surface area contributed by atoms with Gasteiger partial charge in [0, 0.05) is 16.6 Å². The Morgan fingerprint density at radius 1 is 1.09 bits per heavy atom.